The highest BCUT2D eigenvalue weighted by Crippen LogP contribution is 2.31. The number of hydrogen-bond donors (Lipinski definition) is 3. The topological polar surface area (TPSA) is 133 Å². The van der Waals surface area contributed by atoms with Crippen molar-refractivity contribution in [3.05, 3.63) is 137 Å². The molecular formula is C39H39N6O5S2-. The van der Waals surface area contributed by atoms with Gasteiger partial charge >= 0.3 is 5.97 Å². The van der Waals surface area contributed by atoms with E-state index in [1.807, 2.05) is 72.8 Å². The van der Waals surface area contributed by atoms with Crippen LogP contribution in [-0.4, -0.2) is 72.6 Å². The SMILES string of the molecule is COC(=O)c1cncc(-c2ccccc2CN2CCN(c3ccc(C(=O)NSc4ccc(NCCSc5ccccc5)c(N([O-])O)c4)cc3)CC2)c1. The number of methoxy groups -OCH3 is 1. The van der Waals surface area contributed by atoms with E-state index >= 15 is 0 Å². The molecule has 52 heavy (non-hydrogen) atoms. The van der Waals surface area contributed by atoms with Crippen molar-refractivity contribution in [1.29, 1.82) is 0 Å². The Labute approximate surface area is 311 Å². The van der Waals surface area contributed by atoms with Crippen LogP contribution >= 0.6 is 23.7 Å². The number of pyridine rings is 1. The largest absolute Gasteiger partial charge is 0.733 e. The number of anilines is 3. The van der Waals surface area contributed by atoms with Gasteiger partial charge in [0.25, 0.3) is 5.91 Å². The molecule has 268 valence electrons. The summed E-state index contributed by atoms with van der Waals surface area (Å²) in [5, 5.41) is 24.7. The second kappa shape index (κ2) is 17.9. The molecule has 0 spiro atoms. The van der Waals surface area contributed by atoms with Gasteiger partial charge in [-0.25, -0.2) is 4.79 Å². The molecule has 5 aromatic rings. The summed E-state index contributed by atoms with van der Waals surface area (Å²) in [5.41, 5.74) is 5.62. The van der Waals surface area contributed by atoms with Crippen molar-refractivity contribution >= 4 is 52.6 Å². The summed E-state index contributed by atoms with van der Waals surface area (Å²) >= 11 is 2.77. The number of amides is 1. The molecule has 0 atom stereocenters. The van der Waals surface area contributed by atoms with Gasteiger partial charge in [0.05, 0.1) is 24.0 Å². The summed E-state index contributed by atoms with van der Waals surface area (Å²) in [7, 11) is 1.36. The van der Waals surface area contributed by atoms with Crippen LogP contribution in [0.5, 0.6) is 0 Å². The highest BCUT2D eigenvalue weighted by molar-refractivity contribution is 7.99. The quantitative estimate of drug-likeness (QED) is 0.0351. The Morgan fingerprint density at radius 3 is 2.38 bits per heavy atom. The Morgan fingerprint density at radius 2 is 1.63 bits per heavy atom. The fraction of sp³-hybridized carbons (Fsp3) is 0.205. The van der Waals surface area contributed by atoms with Crippen LogP contribution in [0, 0.1) is 5.21 Å². The minimum atomic E-state index is -0.412. The monoisotopic (exact) mass is 735 g/mol. The number of carbonyl (C=O) groups excluding carboxylic acids is 2. The van der Waals surface area contributed by atoms with Gasteiger partial charge in [-0.1, -0.05) is 42.5 Å². The van der Waals surface area contributed by atoms with Gasteiger partial charge in [0.1, 0.15) is 0 Å². The van der Waals surface area contributed by atoms with Crippen LogP contribution in [0.2, 0.25) is 0 Å². The Bertz CT molecular complexity index is 1960. The van der Waals surface area contributed by atoms with E-state index in [0.717, 1.165) is 77.7 Å². The minimum Gasteiger partial charge on any atom is -0.733 e. The Hall–Kier alpha value is -5.05. The lowest BCUT2D eigenvalue weighted by atomic mass is 9.99. The van der Waals surface area contributed by atoms with Crippen LogP contribution in [0.25, 0.3) is 11.1 Å². The first kappa shape index (κ1) is 36.7. The predicted octanol–water partition coefficient (Wildman–Crippen LogP) is 7.19. The number of rotatable bonds is 14. The predicted molar refractivity (Wildman–Crippen MR) is 208 cm³/mol. The first-order valence-electron chi connectivity index (χ1n) is 16.8. The van der Waals surface area contributed by atoms with Crippen LogP contribution in [0.4, 0.5) is 17.1 Å². The normalized spacial score (nSPS) is 13.0. The molecule has 0 unspecified atom stereocenters. The van der Waals surface area contributed by atoms with Gasteiger partial charge in [0.15, 0.2) is 0 Å². The van der Waals surface area contributed by atoms with E-state index < -0.39 is 5.97 Å². The molecule has 1 aromatic heterocycles. The number of hydrogen-bond acceptors (Lipinski definition) is 12. The molecule has 0 radical (unpaired) electrons. The molecule has 1 saturated heterocycles. The van der Waals surface area contributed by atoms with Gasteiger partial charge in [-0.3, -0.25) is 24.6 Å². The van der Waals surface area contributed by atoms with Crippen molar-refractivity contribution in [2.45, 2.75) is 16.3 Å². The van der Waals surface area contributed by atoms with E-state index in [9.17, 15) is 20.0 Å². The second-order valence-electron chi connectivity index (χ2n) is 12.0. The molecule has 0 saturated carbocycles. The summed E-state index contributed by atoms with van der Waals surface area (Å²) in [6, 6.07) is 32.6. The third-order valence-corrected chi connectivity index (χ3v) is 10.4. The van der Waals surface area contributed by atoms with E-state index in [0.29, 0.717) is 28.3 Å². The van der Waals surface area contributed by atoms with Crippen LogP contribution in [0.1, 0.15) is 26.3 Å². The van der Waals surface area contributed by atoms with Crippen LogP contribution in [-0.2, 0) is 11.3 Å². The standard InChI is InChI=1S/C39H39N6O5S2/c1-50-39(47)31-23-30(25-40-26-31)35-10-6-5-7-29(35)27-43-18-20-44(21-19-43)32-13-11-28(12-14-32)38(46)42-52-34-15-16-36(37(24-34)45(48)49)41-17-22-51-33-8-3-2-4-9-33/h2-16,23-26,41,48H,17-22,27H2,1H3,(H,42,46)/q-1. The van der Waals surface area contributed by atoms with E-state index in [1.165, 1.54) is 19.4 Å². The number of esters is 1. The summed E-state index contributed by atoms with van der Waals surface area (Å²) in [6.07, 6.45) is 3.28. The third kappa shape index (κ3) is 9.63. The molecule has 1 amide bonds. The number of benzene rings is 4. The molecule has 1 fully saturated rings. The van der Waals surface area contributed by atoms with E-state index in [-0.39, 0.29) is 16.8 Å². The van der Waals surface area contributed by atoms with Crippen molar-refractivity contribution in [3.8, 4) is 11.1 Å². The second-order valence-corrected chi connectivity index (χ2v) is 14.0. The van der Waals surface area contributed by atoms with E-state index in [2.05, 4.69) is 37.0 Å². The lowest BCUT2D eigenvalue weighted by molar-refractivity contribution is 0.0600. The first-order valence-corrected chi connectivity index (χ1v) is 18.6. The van der Waals surface area contributed by atoms with E-state index in [1.54, 1.807) is 30.1 Å². The molecule has 3 N–H and O–H groups in total. The van der Waals surface area contributed by atoms with Crippen molar-refractivity contribution < 1.29 is 19.5 Å². The highest BCUT2D eigenvalue weighted by Gasteiger charge is 2.20. The molecule has 4 aromatic carbocycles. The highest BCUT2D eigenvalue weighted by atomic mass is 32.2. The van der Waals surface area contributed by atoms with Gasteiger partial charge < -0.3 is 25.4 Å². The van der Waals surface area contributed by atoms with Gasteiger partial charge in [0.2, 0.25) is 0 Å². The zero-order valence-corrected chi connectivity index (χ0v) is 30.2. The number of piperazine rings is 1. The number of aromatic nitrogens is 1. The van der Waals surface area contributed by atoms with Crippen LogP contribution < -0.4 is 20.2 Å². The van der Waals surface area contributed by atoms with Crippen LogP contribution in [0.3, 0.4) is 0 Å². The van der Waals surface area contributed by atoms with Crippen molar-refractivity contribution in [1.82, 2.24) is 14.6 Å². The van der Waals surface area contributed by atoms with Crippen molar-refractivity contribution in [2.24, 2.45) is 0 Å². The van der Waals surface area contributed by atoms with Gasteiger partial charge in [-0.05, 0) is 83.7 Å². The number of thioether (sulfide) groups is 1. The Balaban J connectivity index is 0.983. The maximum atomic E-state index is 13.0. The maximum Gasteiger partial charge on any atom is 0.339 e. The van der Waals surface area contributed by atoms with Gasteiger partial charge in [-0.2, -0.15) is 0 Å². The molecule has 6 rings (SSSR count). The lowest BCUT2D eigenvalue weighted by Crippen LogP contribution is -2.46. The minimum absolute atomic E-state index is 0.0698. The fourth-order valence-electron chi connectivity index (χ4n) is 5.90. The zero-order valence-electron chi connectivity index (χ0n) is 28.6. The smallest absolute Gasteiger partial charge is 0.339 e. The fourth-order valence-corrected chi connectivity index (χ4v) is 7.33. The molecule has 1 aliphatic rings. The summed E-state index contributed by atoms with van der Waals surface area (Å²) in [4.78, 5) is 35.8. The van der Waals surface area contributed by atoms with Gasteiger partial charge in [0, 0.05) is 84.0 Å². The molecule has 2 heterocycles. The number of carbonyl (C=O) groups is 2. The molecular weight excluding hydrogens is 697 g/mol. The Kier molecular flexibility index (Phi) is 12.7. The molecule has 11 nitrogen and oxygen atoms in total. The average molecular weight is 736 g/mol. The summed E-state index contributed by atoms with van der Waals surface area (Å²) in [6.45, 7) is 4.77. The molecule has 1 aliphatic heterocycles. The summed E-state index contributed by atoms with van der Waals surface area (Å²) < 4.78 is 7.71. The third-order valence-electron chi connectivity index (χ3n) is 8.61. The average Bonchev–Trinajstić information content (AvgIpc) is 3.19. The Morgan fingerprint density at radius 1 is 0.885 bits per heavy atom. The molecule has 0 bridgehead atoms. The lowest BCUT2D eigenvalue weighted by Gasteiger charge is -2.36. The van der Waals surface area contributed by atoms with Crippen molar-refractivity contribution in [2.75, 3.05) is 61.0 Å². The number of ether oxygens (including phenoxy) is 1. The number of nitrogens with zero attached hydrogens (tertiary/aromatic N) is 4. The summed E-state index contributed by atoms with van der Waals surface area (Å²) in [5.74, 6) is 0.0995. The van der Waals surface area contributed by atoms with Crippen LogP contribution in [0.15, 0.2) is 125 Å². The molecule has 13 heteroatoms. The molecule has 0 aliphatic carbocycles. The first-order chi connectivity index (χ1) is 25.4. The van der Waals surface area contributed by atoms with Crippen molar-refractivity contribution in [3.63, 3.8) is 0 Å². The number of nitrogens with one attached hydrogen (secondary N) is 2. The maximum absolute atomic E-state index is 13.0. The zero-order chi connectivity index (χ0) is 36.3. The van der Waals surface area contributed by atoms with E-state index in [4.69, 9.17) is 4.74 Å². The van der Waals surface area contributed by atoms with Gasteiger partial charge in [-0.15, -0.1) is 11.8 Å².